The van der Waals surface area contributed by atoms with Gasteiger partial charge in [-0.1, -0.05) is 42.5 Å². The Kier molecular flexibility index (Phi) is 5.89. The van der Waals surface area contributed by atoms with Crippen LogP contribution in [-0.4, -0.2) is 37.5 Å². The molecule has 0 radical (unpaired) electrons. The molecule has 0 bridgehead atoms. The van der Waals surface area contributed by atoms with Gasteiger partial charge in [0.05, 0.1) is 4.90 Å². The lowest BCUT2D eigenvalue weighted by molar-refractivity contribution is -0.120. The average molecular weight is 437 g/mol. The Balaban J connectivity index is 1.39. The van der Waals surface area contributed by atoms with E-state index >= 15 is 0 Å². The molecule has 1 saturated heterocycles. The zero-order valence-electron chi connectivity index (χ0n) is 17.2. The molecular weight excluding hydrogens is 412 g/mol. The van der Waals surface area contributed by atoms with Crippen LogP contribution in [0.15, 0.2) is 71.6 Å². The Morgan fingerprint density at radius 1 is 0.903 bits per heavy atom. The fourth-order valence-electron chi connectivity index (χ4n) is 3.88. The summed E-state index contributed by atoms with van der Waals surface area (Å²) in [5, 5.41) is 5.13. The molecule has 0 atom stereocenters. The van der Waals surface area contributed by atoms with Crippen LogP contribution in [0.1, 0.15) is 30.1 Å². The second-order valence-electron chi connectivity index (χ2n) is 7.81. The fourth-order valence-corrected chi connectivity index (χ4v) is 5.35. The van der Waals surface area contributed by atoms with Crippen LogP contribution in [0.25, 0.3) is 10.8 Å². The van der Waals surface area contributed by atoms with Crippen molar-refractivity contribution in [2.24, 2.45) is 5.92 Å². The highest BCUT2D eigenvalue weighted by Crippen LogP contribution is 2.26. The molecule has 3 aromatic rings. The van der Waals surface area contributed by atoms with Crippen molar-refractivity contribution in [2.45, 2.75) is 24.7 Å². The van der Waals surface area contributed by atoms with Gasteiger partial charge in [-0.05, 0) is 54.8 Å². The molecule has 0 spiro atoms. The third-order valence-electron chi connectivity index (χ3n) is 5.74. The number of anilines is 1. The number of carbonyl (C=O) groups is 2. The summed E-state index contributed by atoms with van der Waals surface area (Å²) in [6.45, 7) is 2.01. The van der Waals surface area contributed by atoms with E-state index in [-0.39, 0.29) is 35.6 Å². The smallest absolute Gasteiger partial charge is 0.243 e. The molecule has 1 heterocycles. The van der Waals surface area contributed by atoms with Crippen LogP contribution < -0.4 is 5.32 Å². The van der Waals surface area contributed by atoms with Crippen molar-refractivity contribution >= 4 is 38.2 Å². The highest BCUT2D eigenvalue weighted by molar-refractivity contribution is 7.89. The Labute approximate surface area is 181 Å². The molecule has 0 aliphatic carbocycles. The lowest BCUT2D eigenvalue weighted by Gasteiger charge is -2.30. The van der Waals surface area contributed by atoms with E-state index in [4.69, 9.17) is 0 Å². The van der Waals surface area contributed by atoms with Gasteiger partial charge >= 0.3 is 0 Å². The maximum absolute atomic E-state index is 12.9. The molecule has 160 valence electrons. The molecule has 31 heavy (non-hydrogen) atoms. The van der Waals surface area contributed by atoms with E-state index < -0.39 is 10.0 Å². The Morgan fingerprint density at radius 2 is 1.55 bits per heavy atom. The number of hydrogen-bond acceptors (Lipinski definition) is 4. The fraction of sp³-hybridized carbons (Fsp3) is 0.250. The summed E-state index contributed by atoms with van der Waals surface area (Å²) in [6, 6.07) is 19.7. The molecule has 0 unspecified atom stereocenters. The summed E-state index contributed by atoms with van der Waals surface area (Å²) in [6.07, 6.45) is 0.925. The third-order valence-corrected chi connectivity index (χ3v) is 7.65. The predicted molar refractivity (Wildman–Crippen MR) is 121 cm³/mol. The lowest BCUT2D eigenvalue weighted by Crippen LogP contribution is -2.41. The van der Waals surface area contributed by atoms with Gasteiger partial charge in [0.15, 0.2) is 5.78 Å². The summed E-state index contributed by atoms with van der Waals surface area (Å²) in [5.41, 5.74) is 1.22. The van der Waals surface area contributed by atoms with E-state index in [1.165, 1.54) is 35.5 Å². The highest BCUT2D eigenvalue weighted by atomic mass is 32.2. The van der Waals surface area contributed by atoms with Gasteiger partial charge in [-0.2, -0.15) is 4.31 Å². The van der Waals surface area contributed by atoms with Crippen LogP contribution in [0.2, 0.25) is 0 Å². The van der Waals surface area contributed by atoms with E-state index in [0.717, 1.165) is 16.5 Å². The Hall–Kier alpha value is -3.03. The molecule has 7 heteroatoms. The number of Topliss-reactive ketones (excluding diaryl/α,β-unsaturated/α-hetero) is 1. The first-order chi connectivity index (χ1) is 14.8. The van der Waals surface area contributed by atoms with E-state index in [1.807, 2.05) is 42.5 Å². The molecule has 0 aromatic heterocycles. The summed E-state index contributed by atoms with van der Waals surface area (Å²) >= 11 is 0. The molecule has 0 saturated carbocycles. The predicted octanol–water partition coefficient (Wildman–Crippen LogP) is 4.08. The normalized spacial score (nSPS) is 15.6. The lowest BCUT2D eigenvalue weighted by atomic mass is 9.97. The van der Waals surface area contributed by atoms with E-state index in [2.05, 4.69) is 5.32 Å². The molecule has 1 aliphatic heterocycles. The van der Waals surface area contributed by atoms with Gasteiger partial charge in [-0.25, -0.2) is 8.42 Å². The number of amides is 1. The molecule has 6 nitrogen and oxygen atoms in total. The summed E-state index contributed by atoms with van der Waals surface area (Å²) < 4.78 is 27.2. The van der Waals surface area contributed by atoms with Crippen molar-refractivity contribution in [1.29, 1.82) is 0 Å². The zero-order chi connectivity index (χ0) is 22.0. The van der Waals surface area contributed by atoms with E-state index in [9.17, 15) is 18.0 Å². The second kappa shape index (κ2) is 8.61. The first-order valence-corrected chi connectivity index (χ1v) is 11.7. The van der Waals surface area contributed by atoms with Crippen molar-refractivity contribution in [1.82, 2.24) is 4.31 Å². The Morgan fingerprint density at radius 3 is 2.19 bits per heavy atom. The van der Waals surface area contributed by atoms with Crippen LogP contribution in [0.3, 0.4) is 0 Å². The maximum atomic E-state index is 12.9. The molecule has 4 rings (SSSR count). The number of sulfonamides is 1. The first-order valence-electron chi connectivity index (χ1n) is 10.3. The minimum absolute atomic E-state index is 0.0851. The zero-order valence-corrected chi connectivity index (χ0v) is 18.1. The van der Waals surface area contributed by atoms with Gasteiger partial charge in [0.25, 0.3) is 0 Å². The monoisotopic (exact) mass is 436 g/mol. The van der Waals surface area contributed by atoms with E-state index in [0.29, 0.717) is 18.4 Å². The van der Waals surface area contributed by atoms with E-state index in [1.54, 1.807) is 0 Å². The largest absolute Gasteiger partial charge is 0.326 e. The number of ketones is 1. The van der Waals surface area contributed by atoms with Gasteiger partial charge in [-0.15, -0.1) is 0 Å². The number of piperidine rings is 1. The summed E-state index contributed by atoms with van der Waals surface area (Å²) in [7, 11) is -3.65. The second-order valence-corrected chi connectivity index (χ2v) is 9.75. The van der Waals surface area contributed by atoms with Gasteiger partial charge in [0.2, 0.25) is 15.9 Å². The maximum Gasteiger partial charge on any atom is 0.243 e. The number of rotatable bonds is 5. The third kappa shape index (κ3) is 4.52. The molecular formula is C24H24N2O4S. The van der Waals surface area contributed by atoms with Crippen LogP contribution in [0.4, 0.5) is 5.69 Å². The quantitative estimate of drug-likeness (QED) is 0.611. The van der Waals surface area contributed by atoms with Crippen molar-refractivity contribution in [3.05, 3.63) is 72.3 Å². The molecule has 1 N–H and O–H groups in total. The Bertz CT molecular complexity index is 1230. The van der Waals surface area contributed by atoms with Crippen molar-refractivity contribution in [2.75, 3.05) is 18.4 Å². The SMILES string of the molecule is CC(=O)c1ccc(S(=O)(=O)N2CCC(C(=O)Nc3ccc4ccccc4c3)CC2)cc1. The molecule has 1 aliphatic rings. The van der Waals surface area contributed by atoms with Crippen molar-refractivity contribution in [3.8, 4) is 0 Å². The number of carbonyl (C=O) groups excluding carboxylic acids is 2. The molecule has 1 fully saturated rings. The number of hydrogen-bond donors (Lipinski definition) is 1. The highest BCUT2D eigenvalue weighted by Gasteiger charge is 2.32. The number of nitrogens with zero attached hydrogens (tertiary/aromatic N) is 1. The number of fused-ring (bicyclic) bond motifs is 1. The number of benzene rings is 3. The van der Waals surface area contributed by atoms with Crippen molar-refractivity contribution in [3.63, 3.8) is 0 Å². The average Bonchev–Trinajstić information content (AvgIpc) is 2.79. The minimum Gasteiger partial charge on any atom is -0.326 e. The van der Waals surface area contributed by atoms with Crippen LogP contribution >= 0.6 is 0 Å². The van der Waals surface area contributed by atoms with Crippen LogP contribution in [0, 0.1) is 5.92 Å². The molecule has 1 amide bonds. The van der Waals surface area contributed by atoms with Crippen LogP contribution in [-0.2, 0) is 14.8 Å². The minimum atomic E-state index is -3.65. The summed E-state index contributed by atoms with van der Waals surface area (Å²) in [5.74, 6) is -0.432. The van der Waals surface area contributed by atoms with Crippen molar-refractivity contribution < 1.29 is 18.0 Å². The summed E-state index contributed by atoms with van der Waals surface area (Å²) in [4.78, 5) is 24.3. The standard InChI is InChI=1S/C24H24N2O4S/c1-17(27)18-7-10-23(11-8-18)31(29,30)26-14-12-20(13-15-26)24(28)25-22-9-6-19-4-2-3-5-21(19)16-22/h2-11,16,20H,12-15H2,1H3,(H,25,28). The number of nitrogens with one attached hydrogen (secondary N) is 1. The van der Waals surface area contributed by atoms with Gasteiger partial charge < -0.3 is 5.32 Å². The molecule has 3 aromatic carbocycles. The van der Waals surface area contributed by atoms with Crippen LogP contribution in [0.5, 0.6) is 0 Å². The topological polar surface area (TPSA) is 83.6 Å². The van der Waals surface area contributed by atoms with Gasteiger partial charge in [-0.3, -0.25) is 9.59 Å². The first kappa shape index (κ1) is 21.2. The van der Waals surface area contributed by atoms with Gasteiger partial charge in [0.1, 0.15) is 0 Å². The van der Waals surface area contributed by atoms with Gasteiger partial charge in [0, 0.05) is 30.3 Å².